The molecule has 1 fully saturated rings. The van der Waals surface area contributed by atoms with Crippen LogP contribution < -0.4 is 4.74 Å². The Kier molecular flexibility index (Phi) is 5.71. The van der Waals surface area contributed by atoms with Gasteiger partial charge in [0.15, 0.2) is 0 Å². The number of nitro benzene ring substituents is 1. The highest BCUT2D eigenvalue weighted by Gasteiger charge is 2.40. The zero-order valence-electron chi connectivity index (χ0n) is 16.2. The molecule has 0 saturated heterocycles. The van der Waals surface area contributed by atoms with Crippen LogP contribution in [0, 0.1) is 10.1 Å². The number of nitrogens with zero attached hydrogens (tertiary/aromatic N) is 2. The van der Waals surface area contributed by atoms with Crippen LogP contribution in [-0.2, 0) is 16.6 Å². The largest absolute Gasteiger partial charge is 0.495 e. The van der Waals surface area contributed by atoms with Crippen molar-refractivity contribution in [3.8, 4) is 5.75 Å². The van der Waals surface area contributed by atoms with Gasteiger partial charge in [-0.1, -0.05) is 38.1 Å². The van der Waals surface area contributed by atoms with Crippen molar-refractivity contribution in [2.45, 2.75) is 50.1 Å². The molecule has 2 aromatic rings. The van der Waals surface area contributed by atoms with Crippen molar-refractivity contribution in [1.82, 2.24) is 4.31 Å². The lowest BCUT2D eigenvalue weighted by Crippen LogP contribution is -2.33. The minimum absolute atomic E-state index is 0.0984. The maximum atomic E-state index is 13.4. The molecule has 0 aliphatic heterocycles. The second-order valence-corrected chi connectivity index (χ2v) is 9.13. The molecule has 8 heteroatoms. The summed E-state index contributed by atoms with van der Waals surface area (Å²) in [6, 6.07) is 11.4. The molecule has 1 aliphatic rings. The van der Waals surface area contributed by atoms with Crippen LogP contribution in [0.1, 0.15) is 43.7 Å². The molecule has 0 unspecified atom stereocenters. The van der Waals surface area contributed by atoms with E-state index in [-0.39, 0.29) is 28.9 Å². The highest BCUT2D eigenvalue weighted by molar-refractivity contribution is 7.89. The molecule has 0 N–H and O–H groups in total. The number of hydrogen-bond acceptors (Lipinski definition) is 5. The van der Waals surface area contributed by atoms with Crippen molar-refractivity contribution in [3.05, 3.63) is 63.7 Å². The molecule has 0 aromatic heterocycles. The van der Waals surface area contributed by atoms with E-state index in [0.29, 0.717) is 5.92 Å². The Morgan fingerprint density at radius 2 is 1.82 bits per heavy atom. The maximum Gasteiger partial charge on any atom is 0.271 e. The smallest absolute Gasteiger partial charge is 0.271 e. The molecule has 2 aromatic carbocycles. The van der Waals surface area contributed by atoms with Crippen LogP contribution in [0.2, 0.25) is 0 Å². The lowest BCUT2D eigenvalue weighted by molar-refractivity contribution is -0.385. The zero-order valence-corrected chi connectivity index (χ0v) is 17.0. The summed E-state index contributed by atoms with van der Waals surface area (Å²) in [5.74, 6) is 0.498. The summed E-state index contributed by atoms with van der Waals surface area (Å²) in [5.41, 5.74) is 1.78. The van der Waals surface area contributed by atoms with Gasteiger partial charge in [0.05, 0.1) is 12.0 Å². The van der Waals surface area contributed by atoms with E-state index in [1.165, 1.54) is 29.1 Å². The van der Waals surface area contributed by atoms with Crippen molar-refractivity contribution in [2.75, 3.05) is 7.11 Å². The van der Waals surface area contributed by atoms with Gasteiger partial charge < -0.3 is 4.74 Å². The highest BCUT2D eigenvalue weighted by Crippen LogP contribution is 2.37. The van der Waals surface area contributed by atoms with E-state index in [1.54, 1.807) is 0 Å². The number of ether oxygens (including phenoxy) is 1. The fourth-order valence-electron chi connectivity index (χ4n) is 3.07. The second kappa shape index (κ2) is 7.89. The van der Waals surface area contributed by atoms with Crippen molar-refractivity contribution in [2.24, 2.45) is 0 Å². The second-order valence-electron chi connectivity index (χ2n) is 7.27. The molecule has 0 radical (unpaired) electrons. The molecule has 1 saturated carbocycles. The summed E-state index contributed by atoms with van der Waals surface area (Å²) < 4.78 is 33.4. The molecule has 1 aliphatic carbocycles. The SMILES string of the molecule is COc1ccc([N+](=O)[O-])cc1S(=O)(=O)N(Cc1ccc(C(C)C)cc1)C1CC1. The summed E-state index contributed by atoms with van der Waals surface area (Å²) in [6.45, 7) is 4.42. The predicted octanol–water partition coefficient (Wildman–Crippen LogP) is 4.08. The van der Waals surface area contributed by atoms with E-state index in [9.17, 15) is 18.5 Å². The summed E-state index contributed by atoms with van der Waals surface area (Å²) in [4.78, 5) is 10.4. The average molecular weight is 404 g/mol. The van der Waals surface area contributed by atoms with E-state index >= 15 is 0 Å². The van der Waals surface area contributed by atoms with Gasteiger partial charge >= 0.3 is 0 Å². The highest BCUT2D eigenvalue weighted by atomic mass is 32.2. The number of benzene rings is 2. The van der Waals surface area contributed by atoms with E-state index < -0.39 is 14.9 Å². The number of rotatable bonds is 8. The number of sulfonamides is 1. The third-order valence-corrected chi connectivity index (χ3v) is 6.80. The molecule has 3 rings (SSSR count). The maximum absolute atomic E-state index is 13.4. The van der Waals surface area contributed by atoms with Gasteiger partial charge in [0.25, 0.3) is 5.69 Å². The van der Waals surface area contributed by atoms with E-state index in [4.69, 9.17) is 4.74 Å². The van der Waals surface area contributed by atoms with Gasteiger partial charge in [-0.15, -0.1) is 0 Å². The topological polar surface area (TPSA) is 89.7 Å². The van der Waals surface area contributed by atoms with Crippen molar-refractivity contribution < 1.29 is 18.1 Å². The van der Waals surface area contributed by atoms with Gasteiger partial charge in [0, 0.05) is 24.7 Å². The lowest BCUT2D eigenvalue weighted by atomic mass is 10.0. The van der Waals surface area contributed by atoms with Crippen LogP contribution in [0.25, 0.3) is 0 Å². The number of hydrogen-bond donors (Lipinski definition) is 0. The Morgan fingerprint density at radius 3 is 2.32 bits per heavy atom. The minimum Gasteiger partial charge on any atom is -0.495 e. The zero-order chi connectivity index (χ0) is 20.5. The number of nitro groups is 1. The van der Waals surface area contributed by atoms with E-state index in [0.717, 1.165) is 24.5 Å². The lowest BCUT2D eigenvalue weighted by Gasteiger charge is -2.23. The molecule has 150 valence electrons. The number of methoxy groups -OCH3 is 1. The number of non-ortho nitro benzene ring substituents is 1. The third-order valence-electron chi connectivity index (χ3n) is 4.88. The van der Waals surface area contributed by atoms with Crippen LogP contribution in [-0.4, -0.2) is 30.8 Å². The first kappa shape index (κ1) is 20.3. The van der Waals surface area contributed by atoms with Crippen molar-refractivity contribution in [1.29, 1.82) is 0 Å². The van der Waals surface area contributed by atoms with E-state index in [2.05, 4.69) is 13.8 Å². The molecule has 0 spiro atoms. The Hall–Kier alpha value is -2.45. The quantitative estimate of drug-likeness (QED) is 0.488. The molecular weight excluding hydrogens is 380 g/mol. The summed E-state index contributed by atoms with van der Waals surface area (Å²) >= 11 is 0. The van der Waals surface area contributed by atoms with Crippen molar-refractivity contribution in [3.63, 3.8) is 0 Å². The third kappa shape index (κ3) is 4.18. The molecule has 7 nitrogen and oxygen atoms in total. The molecule has 28 heavy (non-hydrogen) atoms. The molecule has 0 bridgehead atoms. The molecule has 0 amide bonds. The fourth-order valence-corrected chi connectivity index (χ4v) is 4.92. The van der Waals surface area contributed by atoms with Crippen molar-refractivity contribution >= 4 is 15.7 Å². The van der Waals surface area contributed by atoms with Crippen LogP contribution in [0.5, 0.6) is 5.75 Å². The molecular formula is C20H24N2O5S. The Morgan fingerprint density at radius 1 is 1.18 bits per heavy atom. The monoisotopic (exact) mass is 404 g/mol. The average Bonchev–Trinajstić information content (AvgIpc) is 3.50. The Balaban J connectivity index is 1.97. The summed E-state index contributed by atoms with van der Waals surface area (Å²) in [6.07, 6.45) is 1.56. The van der Waals surface area contributed by atoms with Crippen LogP contribution in [0.15, 0.2) is 47.4 Å². The molecule has 0 heterocycles. The first-order valence-corrected chi connectivity index (χ1v) is 10.6. The normalized spacial score (nSPS) is 14.5. The van der Waals surface area contributed by atoms with Gasteiger partial charge in [0.1, 0.15) is 10.6 Å². The van der Waals surface area contributed by atoms with Crippen LogP contribution >= 0.6 is 0 Å². The predicted molar refractivity (Wildman–Crippen MR) is 106 cm³/mol. The fraction of sp³-hybridized carbons (Fsp3) is 0.400. The van der Waals surface area contributed by atoms with Gasteiger partial charge in [-0.25, -0.2) is 8.42 Å². The van der Waals surface area contributed by atoms with Crippen LogP contribution in [0.4, 0.5) is 5.69 Å². The first-order chi connectivity index (χ1) is 13.2. The Bertz CT molecular complexity index is 967. The van der Waals surface area contributed by atoms with E-state index in [1.807, 2.05) is 24.3 Å². The van der Waals surface area contributed by atoms with Gasteiger partial charge in [-0.3, -0.25) is 10.1 Å². The first-order valence-electron chi connectivity index (χ1n) is 9.17. The van der Waals surface area contributed by atoms with Crippen LogP contribution in [0.3, 0.4) is 0 Å². The van der Waals surface area contributed by atoms with Gasteiger partial charge in [-0.05, 0) is 36.0 Å². The summed E-state index contributed by atoms with van der Waals surface area (Å²) in [5, 5.41) is 11.1. The Labute approximate surface area is 165 Å². The summed E-state index contributed by atoms with van der Waals surface area (Å²) in [7, 11) is -2.60. The standard InChI is InChI=1S/C20H24N2O5S/c1-14(2)16-6-4-15(5-7-16)13-21(17-8-9-17)28(25,26)20-12-18(22(23)24)10-11-19(20)27-3/h4-7,10-12,14,17H,8-9,13H2,1-3H3. The minimum atomic E-state index is -3.96. The van der Waals surface area contributed by atoms with Gasteiger partial charge in [-0.2, -0.15) is 4.31 Å². The van der Waals surface area contributed by atoms with Gasteiger partial charge in [0.2, 0.25) is 10.0 Å². The molecule has 0 atom stereocenters.